The topological polar surface area (TPSA) is 41.5 Å². The molecule has 0 unspecified atom stereocenters. The van der Waals surface area contributed by atoms with Crippen molar-refractivity contribution in [3.63, 3.8) is 0 Å². The molecule has 1 N–H and O–H groups in total. The summed E-state index contributed by atoms with van der Waals surface area (Å²) in [4.78, 5) is 15.9. The third-order valence-electron chi connectivity index (χ3n) is 3.15. The molecule has 0 fully saturated rings. The van der Waals surface area contributed by atoms with Gasteiger partial charge in [0, 0.05) is 16.3 Å². The molecule has 1 aromatic carbocycles. The zero-order valence-electron chi connectivity index (χ0n) is 14.6. The van der Waals surface area contributed by atoms with Crippen molar-refractivity contribution in [1.29, 1.82) is 0 Å². The SMILES string of the molecule is C=C/C=C(N=C(C)Nc1ccc(C(C)=O)cc1)/C(C)=C/C=C(\C)Cl. The summed E-state index contributed by atoms with van der Waals surface area (Å²) in [6, 6.07) is 7.29. The Morgan fingerprint density at radius 2 is 1.71 bits per heavy atom. The summed E-state index contributed by atoms with van der Waals surface area (Å²) in [5.41, 5.74) is 3.33. The molecule has 0 aliphatic heterocycles. The van der Waals surface area contributed by atoms with Gasteiger partial charge in [-0.1, -0.05) is 30.3 Å². The quantitative estimate of drug-likeness (QED) is 0.303. The van der Waals surface area contributed by atoms with E-state index in [0.29, 0.717) is 10.6 Å². The van der Waals surface area contributed by atoms with Crippen LogP contribution in [0.3, 0.4) is 0 Å². The smallest absolute Gasteiger partial charge is 0.159 e. The molecule has 1 rings (SSSR count). The number of rotatable bonds is 6. The lowest BCUT2D eigenvalue weighted by molar-refractivity contribution is 0.101. The number of hydrogen-bond donors (Lipinski definition) is 1. The van der Waals surface area contributed by atoms with Crippen LogP contribution in [0.15, 0.2) is 76.4 Å². The second-order valence-electron chi connectivity index (χ2n) is 5.35. The van der Waals surface area contributed by atoms with Gasteiger partial charge in [-0.3, -0.25) is 4.79 Å². The minimum Gasteiger partial charge on any atom is -0.344 e. The molecule has 4 heteroatoms. The maximum absolute atomic E-state index is 11.3. The minimum absolute atomic E-state index is 0.0477. The molecule has 126 valence electrons. The number of anilines is 1. The molecule has 0 aromatic heterocycles. The summed E-state index contributed by atoms with van der Waals surface area (Å²) >= 11 is 5.86. The van der Waals surface area contributed by atoms with E-state index in [1.165, 1.54) is 0 Å². The maximum Gasteiger partial charge on any atom is 0.159 e. The first-order valence-corrected chi connectivity index (χ1v) is 7.98. The van der Waals surface area contributed by atoms with E-state index in [0.717, 1.165) is 22.8 Å². The summed E-state index contributed by atoms with van der Waals surface area (Å²) in [6.45, 7) is 10.9. The normalized spacial score (nSPS) is 13.7. The predicted molar refractivity (Wildman–Crippen MR) is 105 cm³/mol. The Balaban J connectivity index is 2.96. The third-order valence-corrected chi connectivity index (χ3v) is 3.27. The van der Waals surface area contributed by atoms with Gasteiger partial charge in [0.25, 0.3) is 0 Å². The van der Waals surface area contributed by atoms with E-state index in [-0.39, 0.29) is 5.78 Å². The van der Waals surface area contributed by atoms with Gasteiger partial charge in [-0.05, 0) is 69.7 Å². The Morgan fingerprint density at radius 3 is 2.21 bits per heavy atom. The van der Waals surface area contributed by atoms with Crippen molar-refractivity contribution in [2.45, 2.75) is 27.7 Å². The number of nitrogens with one attached hydrogen (secondary N) is 1. The van der Waals surface area contributed by atoms with Crippen LogP contribution in [0.5, 0.6) is 0 Å². The first kappa shape index (κ1) is 19.7. The van der Waals surface area contributed by atoms with Crippen LogP contribution >= 0.6 is 11.6 Å². The largest absolute Gasteiger partial charge is 0.344 e. The van der Waals surface area contributed by atoms with Crippen molar-refractivity contribution in [3.8, 4) is 0 Å². The fraction of sp³-hybridized carbons (Fsp3) is 0.200. The highest BCUT2D eigenvalue weighted by molar-refractivity contribution is 6.29. The van der Waals surface area contributed by atoms with E-state index in [1.54, 1.807) is 25.1 Å². The lowest BCUT2D eigenvalue weighted by Crippen LogP contribution is -2.08. The van der Waals surface area contributed by atoms with Gasteiger partial charge in [0.2, 0.25) is 0 Å². The van der Waals surface area contributed by atoms with E-state index in [2.05, 4.69) is 16.9 Å². The average Bonchev–Trinajstić information content (AvgIpc) is 2.52. The molecule has 0 aliphatic rings. The Labute approximate surface area is 149 Å². The lowest BCUT2D eigenvalue weighted by Gasteiger charge is -2.08. The summed E-state index contributed by atoms with van der Waals surface area (Å²) in [5, 5.41) is 3.92. The molecule has 0 saturated carbocycles. The Kier molecular flexibility index (Phi) is 7.93. The van der Waals surface area contributed by atoms with Gasteiger partial charge in [-0.25, -0.2) is 4.99 Å². The van der Waals surface area contributed by atoms with Crippen molar-refractivity contribution in [1.82, 2.24) is 0 Å². The zero-order valence-corrected chi connectivity index (χ0v) is 15.3. The fourth-order valence-electron chi connectivity index (χ4n) is 1.90. The Morgan fingerprint density at radius 1 is 1.08 bits per heavy atom. The Bertz CT molecular complexity index is 719. The monoisotopic (exact) mass is 342 g/mol. The van der Waals surface area contributed by atoms with E-state index in [1.807, 2.05) is 51.1 Å². The number of benzene rings is 1. The second kappa shape index (κ2) is 9.68. The van der Waals surface area contributed by atoms with Crippen LogP contribution in [0.25, 0.3) is 0 Å². The number of Topliss-reactive ketones (excluding diaryl/α,β-unsaturated/α-hetero) is 1. The zero-order chi connectivity index (χ0) is 18.1. The molecule has 0 saturated heterocycles. The number of hydrogen-bond acceptors (Lipinski definition) is 2. The summed E-state index contributed by atoms with van der Waals surface area (Å²) in [7, 11) is 0. The second-order valence-corrected chi connectivity index (χ2v) is 5.94. The number of ketones is 1. The predicted octanol–water partition coefficient (Wildman–Crippen LogP) is 5.88. The standard InChI is InChI=1S/C20H23ClN2O/c1-6-7-20(14(2)8-9-15(3)21)23-17(5)22-19-12-10-18(11-13-19)16(4)24/h6-13H,1H2,2-5H3,(H,22,23)/b14-8+,15-9+,20-7-. The fourth-order valence-corrected chi connectivity index (χ4v) is 1.96. The molecule has 0 bridgehead atoms. The van der Waals surface area contributed by atoms with Crippen molar-refractivity contribution < 1.29 is 4.79 Å². The van der Waals surface area contributed by atoms with Gasteiger partial charge in [-0.15, -0.1) is 0 Å². The van der Waals surface area contributed by atoms with Gasteiger partial charge in [0.05, 0.1) is 5.70 Å². The molecule has 1 aromatic rings. The van der Waals surface area contributed by atoms with Crippen LogP contribution in [-0.4, -0.2) is 11.6 Å². The van der Waals surface area contributed by atoms with E-state index >= 15 is 0 Å². The summed E-state index contributed by atoms with van der Waals surface area (Å²) < 4.78 is 0. The molecule has 0 spiro atoms. The van der Waals surface area contributed by atoms with Crippen LogP contribution in [0.1, 0.15) is 38.1 Å². The third kappa shape index (κ3) is 6.80. The van der Waals surface area contributed by atoms with Crippen LogP contribution in [0.2, 0.25) is 0 Å². The highest BCUT2D eigenvalue weighted by Crippen LogP contribution is 2.15. The van der Waals surface area contributed by atoms with Gasteiger partial charge < -0.3 is 5.32 Å². The van der Waals surface area contributed by atoms with E-state index < -0.39 is 0 Å². The molecule has 0 heterocycles. The summed E-state index contributed by atoms with van der Waals surface area (Å²) in [5.74, 6) is 0.782. The van der Waals surface area contributed by atoms with Crippen molar-refractivity contribution >= 4 is 28.9 Å². The number of amidine groups is 1. The van der Waals surface area contributed by atoms with E-state index in [9.17, 15) is 4.79 Å². The number of aliphatic imine (C=N–C) groups is 1. The molecule has 3 nitrogen and oxygen atoms in total. The number of halogens is 1. The van der Waals surface area contributed by atoms with Gasteiger partial charge >= 0.3 is 0 Å². The minimum atomic E-state index is 0.0477. The molecule has 0 radical (unpaired) electrons. The van der Waals surface area contributed by atoms with Crippen LogP contribution in [0, 0.1) is 0 Å². The van der Waals surface area contributed by atoms with Crippen molar-refractivity contribution in [2.24, 2.45) is 4.99 Å². The van der Waals surface area contributed by atoms with Gasteiger partial charge in [0.1, 0.15) is 5.84 Å². The molecule has 0 aliphatic carbocycles. The van der Waals surface area contributed by atoms with Crippen molar-refractivity contribution in [3.05, 3.63) is 77.0 Å². The number of nitrogens with zero attached hydrogens (tertiary/aromatic N) is 1. The Hall–Kier alpha value is -2.39. The molecule has 0 atom stereocenters. The summed E-state index contributed by atoms with van der Waals surface area (Å²) in [6.07, 6.45) is 7.28. The lowest BCUT2D eigenvalue weighted by atomic mass is 10.1. The number of allylic oxidation sites excluding steroid dienone is 6. The average molecular weight is 343 g/mol. The highest BCUT2D eigenvalue weighted by atomic mass is 35.5. The number of carbonyl (C=O) groups excluding carboxylic acids is 1. The molecule has 24 heavy (non-hydrogen) atoms. The first-order chi connectivity index (χ1) is 11.3. The molecular weight excluding hydrogens is 320 g/mol. The number of carbonyl (C=O) groups is 1. The first-order valence-electron chi connectivity index (χ1n) is 7.60. The van der Waals surface area contributed by atoms with Crippen LogP contribution < -0.4 is 5.32 Å². The van der Waals surface area contributed by atoms with Gasteiger partial charge in [0.15, 0.2) is 5.78 Å². The van der Waals surface area contributed by atoms with Crippen molar-refractivity contribution in [2.75, 3.05) is 5.32 Å². The highest BCUT2D eigenvalue weighted by Gasteiger charge is 2.01. The van der Waals surface area contributed by atoms with E-state index in [4.69, 9.17) is 11.6 Å². The van der Waals surface area contributed by atoms with Crippen LogP contribution in [-0.2, 0) is 0 Å². The maximum atomic E-state index is 11.3. The van der Waals surface area contributed by atoms with Gasteiger partial charge in [-0.2, -0.15) is 0 Å². The molecule has 0 amide bonds. The van der Waals surface area contributed by atoms with Crippen LogP contribution in [0.4, 0.5) is 5.69 Å². The molecular formula is C20H23ClN2O.